The van der Waals surface area contributed by atoms with E-state index in [0.29, 0.717) is 5.89 Å². The second-order valence-electron chi connectivity index (χ2n) is 5.49. The highest BCUT2D eigenvalue weighted by atomic mass is 16.4. The van der Waals surface area contributed by atoms with Gasteiger partial charge in [0.05, 0.1) is 5.56 Å². The van der Waals surface area contributed by atoms with Crippen LogP contribution in [-0.4, -0.2) is 0 Å². The van der Waals surface area contributed by atoms with Gasteiger partial charge in [0.15, 0.2) is 0 Å². The van der Waals surface area contributed by atoms with E-state index in [1.54, 1.807) is 0 Å². The molecule has 1 heterocycles. The fourth-order valence-electron chi connectivity index (χ4n) is 2.84. The van der Waals surface area contributed by atoms with E-state index in [4.69, 9.17) is 10.2 Å². The molecule has 0 aliphatic heterocycles. The van der Waals surface area contributed by atoms with E-state index < -0.39 is 0 Å². The number of aromatic nitrogens is 1. The van der Waals surface area contributed by atoms with Gasteiger partial charge >= 0.3 is 5.89 Å². The van der Waals surface area contributed by atoms with Crippen LogP contribution >= 0.6 is 0 Å². The van der Waals surface area contributed by atoms with Gasteiger partial charge in [0.2, 0.25) is 11.4 Å². The highest BCUT2D eigenvalue weighted by Crippen LogP contribution is 2.33. The lowest BCUT2D eigenvalue weighted by molar-refractivity contribution is -0.575. The van der Waals surface area contributed by atoms with Gasteiger partial charge in [-0.1, -0.05) is 54.6 Å². The van der Waals surface area contributed by atoms with Crippen LogP contribution in [0.5, 0.6) is 0 Å². The predicted octanol–water partition coefficient (Wildman–Crippen LogP) is 5.57. The fourth-order valence-corrected chi connectivity index (χ4v) is 2.84. The van der Waals surface area contributed by atoms with Crippen LogP contribution in [0.2, 0.25) is 0 Å². The van der Waals surface area contributed by atoms with Gasteiger partial charge in [-0.2, -0.15) is 0 Å². The molecule has 4 rings (SSSR count). The van der Waals surface area contributed by atoms with Gasteiger partial charge in [-0.15, -0.1) is 4.57 Å². The zero-order chi connectivity index (χ0) is 16.4. The molecular weight excluding hydrogens is 296 g/mol. The van der Waals surface area contributed by atoms with Crippen LogP contribution in [0.25, 0.3) is 34.1 Å². The Kier molecular flexibility index (Phi) is 3.60. The highest BCUT2D eigenvalue weighted by Gasteiger charge is 2.28. The first-order chi connectivity index (χ1) is 11.8. The molecule has 0 atom stereocenters. The number of hydrogen-bond donors (Lipinski definition) is 0. The molecule has 0 saturated heterocycles. The van der Waals surface area contributed by atoms with Crippen LogP contribution in [0.3, 0.4) is 0 Å². The zero-order valence-electron chi connectivity index (χ0n) is 13.0. The minimum absolute atomic E-state index is 0.156. The normalized spacial score (nSPS) is 10.7. The smallest absolute Gasteiger partial charge is 0.385 e. The molecule has 4 aromatic rings. The summed E-state index contributed by atoms with van der Waals surface area (Å²) in [6.45, 7) is 0. The van der Waals surface area contributed by atoms with Crippen molar-refractivity contribution in [2.75, 3.05) is 0 Å². The molecule has 3 aromatic carbocycles. The minimum Gasteiger partial charge on any atom is -0.662 e. The van der Waals surface area contributed by atoms with Crippen molar-refractivity contribution in [3.8, 4) is 28.4 Å². The van der Waals surface area contributed by atoms with Crippen LogP contribution in [0, 0.1) is 0 Å². The number of oxazole rings is 1. The van der Waals surface area contributed by atoms with E-state index in [2.05, 4.69) is 0 Å². The van der Waals surface area contributed by atoms with Gasteiger partial charge in [0.1, 0.15) is 5.88 Å². The number of nitrogens with one attached hydrogen (secondary N) is 1. The third-order valence-corrected chi connectivity index (χ3v) is 3.92. The molecule has 0 fully saturated rings. The van der Waals surface area contributed by atoms with Crippen molar-refractivity contribution in [2.24, 2.45) is 0 Å². The van der Waals surface area contributed by atoms with Gasteiger partial charge in [0, 0.05) is 17.7 Å². The summed E-state index contributed by atoms with van der Waals surface area (Å²) in [6, 6.07) is 29.8. The van der Waals surface area contributed by atoms with Crippen molar-refractivity contribution < 1.29 is 8.98 Å². The summed E-state index contributed by atoms with van der Waals surface area (Å²) in [5.74, 6) is 0.814. The van der Waals surface area contributed by atoms with Gasteiger partial charge < -0.3 is 10.2 Å². The van der Waals surface area contributed by atoms with Crippen LogP contribution in [-0.2, 0) is 0 Å². The van der Waals surface area contributed by atoms with Crippen LogP contribution in [0.4, 0.5) is 5.88 Å². The Labute approximate surface area is 140 Å². The molecule has 0 bridgehead atoms. The fraction of sp³-hybridized carbons (Fsp3) is 0. The first-order valence-electron chi connectivity index (χ1n) is 7.81. The maximum atomic E-state index is 8.38. The maximum Gasteiger partial charge on any atom is 0.385 e. The van der Waals surface area contributed by atoms with Crippen molar-refractivity contribution in [2.45, 2.75) is 0 Å². The molecule has 0 unspecified atom stereocenters. The first kappa shape index (κ1) is 14.3. The lowest BCUT2D eigenvalue weighted by Gasteiger charge is -2.02. The molecule has 24 heavy (non-hydrogen) atoms. The molecule has 0 radical (unpaired) electrons. The number of hydrogen-bond acceptors (Lipinski definition) is 1. The Hall–Kier alpha value is -3.33. The SMILES string of the molecule is [NH-]c1oc(-c2ccccc2)[n+](-c2ccccc2)c1-c1ccccc1. The number of benzene rings is 3. The minimum atomic E-state index is 0.156. The summed E-state index contributed by atoms with van der Waals surface area (Å²) >= 11 is 0. The molecule has 1 N–H and O–H groups in total. The third-order valence-electron chi connectivity index (χ3n) is 3.92. The quantitative estimate of drug-likeness (QED) is 0.456. The summed E-state index contributed by atoms with van der Waals surface area (Å²) in [5, 5.41) is 0. The monoisotopic (exact) mass is 312 g/mol. The Bertz CT molecular complexity index is 945. The van der Waals surface area contributed by atoms with Crippen LogP contribution in [0.1, 0.15) is 0 Å². The second-order valence-corrected chi connectivity index (χ2v) is 5.49. The van der Waals surface area contributed by atoms with E-state index in [-0.39, 0.29) is 5.88 Å². The third kappa shape index (κ3) is 2.46. The highest BCUT2D eigenvalue weighted by molar-refractivity contribution is 5.70. The second kappa shape index (κ2) is 6.05. The summed E-state index contributed by atoms with van der Waals surface area (Å²) in [5.41, 5.74) is 12.0. The van der Waals surface area contributed by atoms with E-state index >= 15 is 0 Å². The Balaban J connectivity index is 2.03. The summed E-state index contributed by atoms with van der Waals surface area (Å²) in [6.07, 6.45) is 0. The molecule has 0 amide bonds. The van der Waals surface area contributed by atoms with Gasteiger partial charge in [-0.05, 0) is 24.3 Å². The Morgan fingerprint density at radius 1 is 0.625 bits per heavy atom. The zero-order valence-corrected chi connectivity index (χ0v) is 13.0. The Morgan fingerprint density at radius 3 is 1.71 bits per heavy atom. The average molecular weight is 312 g/mol. The first-order valence-corrected chi connectivity index (χ1v) is 7.81. The molecule has 3 nitrogen and oxygen atoms in total. The van der Waals surface area contributed by atoms with Crippen molar-refractivity contribution in [3.63, 3.8) is 0 Å². The molecular formula is C21H16N2O. The molecule has 0 aliphatic carbocycles. The number of nitrogens with zero attached hydrogens (tertiary/aromatic N) is 1. The average Bonchev–Trinajstić information content (AvgIpc) is 3.01. The lowest BCUT2D eigenvalue weighted by Crippen LogP contribution is -2.33. The van der Waals surface area contributed by atoms with E-state index in [0.717, 1.165) is 22.5 Å². The van der Waals surface area contributed by atoms with Crippen molar-refractivity contribution >= 4 is 5.88 Å². The lowest BCUT2D eigenvalue weighted by atomic mass is 10.1. The molecule has 0 spiro atoms. The summed E-state index contributed by atoms with van der Waals surface area (Å²) in [4.78, 5) is 0. The molecule has 0 aliphatic rings. The van der Waals surface area contributed by atoms with E-state index in [9.17, 15) is 0 Å². The van der Waals surface area contributed by atoms with Gasteiger partial charge in [-0.3, -0.25) is 0 Å². The van der Waals surface area contributed by atoms with E-state index in [1.165, 1.54) is 0 Å². The number of rotatable bonds is 3. The molecule has 3 heteroatoms. The van der Waals surface area contributed by atoms with Crippen molar-refractivity contribution in [1.29, 1.82) is 0 Å². The van der Waals surface area contributed by atoms with E-state index in [1.807, 2.05) is 95.6 Å². The number of para-hydroxylation sites is 1. The predicted molar refractivity (Wildman–Crippen MR) is 95.1 cm³/mol. The maximum absolute atomic E-state index is 8.38. The summed E-state index contributed by atoms with van der Waals surface area (Å²) in [7, 11) is 0. The topological polar surface area (TPSA) is 40.8 Å². The largest absolute Gasteiger partial charge is 0.662 e. The van der Waals surface area contributed by atoms with Crippen LogP contribution in [0.15, 0.2) is 95.4 Å². The van der Waals surface area contributed by atoms with Gasteiger partial charge in [-0.25, -0.2) is 0 Å². The molecule has 116 valence electrons. The Morgan fingerprint density at radius 2 is 1.12 bits per heavy atom. The molecule has 0 saturated carbocycles. The standard InChI is InChI=1S/C21H16N2O/c22-20-19(16-10-4-1-5-11-16)23(18-14-8-3-9-15-18)21(24-20)17-12-6-2-7-13-17/h1-15,22H. The summed E-state index contributed by atoms with van der Waals surface area (Å²) < 4.78 is 7.88. The van der Waals surface area contributed by atoms with Crippen LogP contribution < -0.4 is 4.57 Å². The molecule has 1 aromatic heterocycles. The van der Waals surface area contributed by atoms with Crippen molar-refractivity contribution in [1.82, 2.24) is 0 Å². The van der Waals surface area contributed by atoms with Gasteiger partial charge in [0.25, 0.3) is 0 Å². The van der Waals surface area contributed by atoms with Crippen molar-refractivity contribution in [3.05, 3.63) is 96.7 Å².